The van der Waals surface area contributed by atoms with E-state index in [-0.39, 0.29) is 5.91 Å². The molecule has 136 valence electrons. The van der Waals surface area contributed by atoms with Crippen molar-refractivity contribution in [3.05, 3.63) is 48.5 Å². The molecule has 1 amide bonds. The molecule has 3 aromatic rings. The zero-order chi connectivity index (χ0) is 18.4. The third kappa shape index (κ3) is 4.44. The Bertz CT molecular complexity index is 844. The standard InChI is InChI=1S/C17H21N7O2/c1-22(17(25)7-4-8-23-13-18-20-21-23)11-14-10-19-24(12-14)15-5-3-6-16(9-15)26-2/h3,5-6,9-10,12-13H,4,7-8,11H2,1-2H3. The molecule has 9 nitrogen and oxygen atoms in total. The van der Waals surface area contributed by atoms with Crippen LogP contribution < -0.4 is 4.74 Å². The molecule has 2 aromatic heterocycles. The topological polar surface area (TPSA) is 91.0 Å². The van der Waals surface area contributed by atoms with Crippen LogP contribution >= 0.6 is 0 Å². The average molecular weight is 355 g/mol. The van der Waals surface area contributed by atoms with Gasteiger partial charge in [0.1, 0.15) is 12.1 Å². The second kappa shape index (κ2) is 8.24. The van der Waals surface area contributed by atoms with Crippen LogP contribution in [0.2, 0.25) is 0 Å². The summed E-state index contributed by atoms with van der Waals surface area (Å²) in [6.07, 6.45) is 6.36. The number of aromatic nitrogens is 6. The van der Waals surface area contributed by atoms with Crippen LogP contribution in [0.15, 0.2) is 43.0 Å². The van der Waals surface area contributed by atoms with Crippen LogP contribution in [0.4, 0.5) is 0 Å². The van der Waals surface area contributed by atoms with Gasteiger partial charge in [0.15, 0.2) is 0 Å². The van der Waals surface area contributed by atoms with Crippen molar-refractivity contribution in [2.75, 3.05) is 14.2 Å². The van der Waals surface area contributed by atoms with Crippen molar-refractivity contribution >= 4 is 5.91 Å². The summed E-state index contributed by atoms with van der Waals surface area (Å²) in [7, 11) is 3.43. The van der Waals surface area contributed by atoms with E-state index in [1.165, 1.54) is 0 Å². The molecular weight excluding hydrogens is 334 g/mol. The Balaban J connectivity index is 1.53. The number of carbonyl (C=O) groups excluding carboxylic acids is 1. The molecule has 26 heavy (non-hydrogen) atoms. The lowest BCUT2D eigenvalue weighted by molar-refractivity contribution is -0.130. The van der Waals surface area contributed by atoms with Gasteiger partial charge in [-0.3, -0.25) is 4.79 Å². The summed E-state index contributed by atoms with van der Waals surface area (Å²) in [5.41, 5.74) is 1.87. The summed E-state index contributed by atoms with van der Waals surface area (Å²) < 4.78 is 8.62. The van der Waals surface area contributed by atoms with Crippen molar-refractivity contribution in [3.8, 4) is 11.4 Å². The van der Waals surface area contributed by atoms with E-state index in [2.05, 4.69) is 20.6 Å². The van der Waals surface area contributed by atoms with E-state index < -0.39 is 0 Å². The first-order valence-corrected chi connectivity index (χ1v) is 8.28. The maximum atomic E-state index is 12.3. The van der Waals surface area contributed by atoms with Gasteiger partial charge >= 0.3 is 0 Å². The monoisotopic (exact) mass is 355 g/mol. The Hall–Kier alpha value is -3.23. The number of tetrazole rings is 1. The summed E-state index contributed by atoms with van der Waals surface area (Å²) in [6, 6.07) is 7.66. The van der Waals surface area contributed by atoms with E-state index in [0.717, 1.165) is 17.0 Å². The molecule has 0 fully saturated rings. The first-order chi connectivity index (χ1) is 12.7. The van der Waals surface area contributed by atoms with Gasteiger partial charge in [-0.25, -0.2) is 9.36 Å². The summed E-state index contributed by atoms with van der Waals surface area (Å²) in [5, 5.41) is 15.3. The van der Waals surface area contributed by atoms with Gasteiger partial charge in [0.25, 0.3) is 0 Å². The second-order valence-corrected chi connectivity index (χ2v) is 5.92. The Kier molecular flexibility index (Phi) is 5.57. The third-order valence-electron chi connectivity index (χ3n) is 3.97. The molecule has 0 atom stereocenters. The second-order valence-electron chi connectivity index (χ2n) is 5.92. The van der Waals surface area contributed by atoms with Crippen LogP contribution in [0.5, 0.6) is 5.75 Å². The smallest absolute Gasteiger partial charge is 0.222 e. The Morgan fingerprint density at radius 1 is 1.35 bits per heavy atom. The van der Waals surface area contributed by atoms with E-state index in [4.69, 9.17) is 4.74 Å². The fraction of sp³-hybridized carbons (Fsp3) is 0.353. The number of nitrogens with zero attached hydrogens (tertiary/aromatic N) is 7. The molecule has 3 rings (SSSR count). The predicted octanol–water partition coefficient (Wildman–Crippen LogP) is 1.31. The highest BCUT2D eigenvalue weighted by Crippen LogP contribution is 2.16. The van der Waals surface area contributed by atoms with Gasteiger partial charge in [0.05, 0.1) is 19.0 Å². The minimum atomic E-state index is 0.0761. The molecule has 0 saturated heterocycles. The number of hydrogen-bond donors (Lipinski definition) is 0. The first kappa shape index (κ1) is 17.6. The van der Waals surface area contributed by atoms with Crippen molar-refractivity contribution < 1.29 is 9.53 Å². The van der Waals surface area contributed by atoms with E-state index in [0.29, 0.717) is 25.9 Å². The Morgan fingerprint density at radius 3 is 3.00 bits per heavy atom. The fourth-order valence-corrected chi connectivity index (χ4v) is 2.56. The molecule has 0 saturated carbocycles. The van der Waals surface area contributed by atoms with Gasteiger partial charge in [-0.2, -0.15) is 5.10 Å². The number of rotatable bonds is 8. The zero-order valence-electron chi connectivity index (χ0n) is 14.8. The molecule has 0 aliphatic carbocycles. The van der Waals surface area contributed by atoms with Crippen molar-refractivity contribution in [3.63, 3.8) is 0 Å². The van der Waals surface area contributed by atoms with Gasteiger partial charge in [-0.05, 0) is 29.0 Å². The number of methoxy groups -OCH3 is 1. The number of aryl methyl sites for hydroxylation is 1. The van der Waals surface area contributed by atoms with E-state index in [1.807, 2.05) is 30.5 Å². The highest BCUT2D eigenvalue weighted by Gasteiger charge is 2.11. The van der Waals surface area contributed by atoms with Crippen molar-refractivity contribution in [1.82, 2.24) is 34.9 Å². The summed E-state index contributed by atoms with van der Waals surface area (Å²) >= 11 is 0. The van der Waals surface area contributed by atoms with E-state index in [9.17, 15) is 4.79 Å². The predicted molar refractivity (Wildman–Crippen MR) is 93.6 cm³/mol. The largest absolute Gasteiger partial charge is 0.497 e. The van der Waals surface area contributed by atoms with Gasteiger partial charge in [0, 0.05) is 44.4 Å². The highest BCUT2D eigenvalue weighted by molar-refractivity contribution is 5.75. The van der Waals surface area contributed by atoms with Crippen LogP contribution in [0.1, 0.15) is 18.4 Å². The van der Waals surface area contributed by atoms with Crippen LogP contribution in [0.25, 0.3) is 5.69 Å². The fourth-order valence-electron chi connectivity index (χ4n) is 2.56. The number of carbonyl (C=O) groups is 1. The minimum Gasteiger partial charge on any atom is -0.497 e. The number of ether oxygens (including phenoxy) is 1. The summed E-state index contributed by atoms with van der Waals surface area (Å²) in [4.78, 5) is 14.0. The van der Waals surface area contributed by atoms with E-state index in [1.54, 1.807) is 40.9 Å². The van der Waals surface area contributed by atoms with Gasteiger partial charge in [-0.1, -0.05) is 6.07 Å². The van der Waals surface area contributed by atoms with Gasteiger partial charge < -0.3 is 9.64 Å². The average Bonchev–Trinajstić information content (AvgIpc) is 3.33. The first-order valence-electron chi connectivity index (χ1n) is 8.28. The molecule has 0 spiro atoms. The maximum absolute atomic E-state index is 12.3. The van der Waals surface area contributed by atoms with Crippen molar-refractivity contribution in [2.24, 2.45) is 0 Å². The molecule has 0 aliphatic rings. The highest BCUT2D eigenvalue weighted by atomic mass is 16.5. The quantitative estimate of drug-likeness (QED) is 0.605. The van der Waals surface area contributed by atoms with Gasteiger partial charge in [0.2, 0.25) is 5.91 Å². The Labute approximate surface area is 151 Å². The maximum Gasteiger partial charge on any atom is 0.222 e. The number of amides is 1. The van der Waals surface area contributed by atoms with Crippen LogP contribution in [-0.2, 0) is 17.9 Å². The van der Waals surface area contributed by atoms with E-state index >= 15 is 0 Å². The number of hydrogen-bond acceptors (Lipinski definition) is 6. The summed E-state index contributed by atoms with van der Waals surface area (Å²) in [6.45, 7) is 1.13. The molecule has 2 heterocycles. The minimum absolute atomic E-state index is 0.0761. The normalized spacial score (nSPS) is 10.7. The lowest BCUT2D eigenvalue weighted by Crippen LogP contribution is -2.26. The van der Waals surface area contributed by atoms with Gasteiger partial charge in [-0.15, -0.1) is 5.10 Å². The zero-order valence-corrected chi connectivity index (χ0v) is 14.8. The molecule has 9 heteroatoms. The van der Waals surface area contributed by atoms with Crippen LogP contribution in [-0.4, -0.2) is 55.0 Å². The molecule has 0 aliphatic heterocycles. The molecular formula is C17H21N7O2. The molecule has 1 aromatic carbocycles. The third-order valence-corrected chi connectivity index (χ3v) is 3.97. The van der Waals surface area contributed by atoms with Crippen LogP contribution in [0, 0.1) is 0 Å². The summed E-state index contributed by atoms with van der Waals surface area (Å²) in [5.74, 6) is 0.849. The molecule has 0 N–H and O–H groups in total. The molecule has 0 radical (unpaired) electrons. The van der Waals surface area contributed by atoms with Crippen molar-refractivity contribution in [2.45, 2.75) is 25.9 Å². The number of benzene rings is 1. The van der Waals surface area contributed by atoms with Crippen LogP contribution in [0.3, 0.4) is 0 Å². The lowest BCUT2D eigenvalue weighted by Gasteiger charge is -2.16. The molecule has 0 bridgehead atoms. The van der Waals surface area contributed by atoms with Crippen molar-refractivity contribution in [1.29, 1.82) is 0 Å². The SMILES string of the molecule is COc1cccc(-n2cc(CN(C)C(=O)CCCn3cnnn3)cn2)c1. The lowest BCUT2D eigenvalue weighted by atomic mass is 10.2. The molecule has 0 unspecified atom stereocenters. The Morgan fingerprint density at radius 2 is 2.23 bits per heavy atom.